The van der Waals surface area contributed by atoms with Crippen LogP contribution in [0.1, 0.15) is 17.1 Å². The fourth-order valence-corrected chi connectivity index (χ4v) is 1.62. The maximum Gasteiger partial charge on any atom is 0.433 e. The van der Waals surface area contributed by atoms with Crippen LogP contribution < -0.4 is 5.32 Å². The summed E-state index contributed by atoms with van der Waals surface area (Å²) in [4.78, 5) is 16.4. The maximum absolute atomic E-state index is 12.5. The number of alkyl halides is 3. The minimum absolute atomic E-state index is 0.0569. The van der Waals surface area contributed by atoms with Crippen LogP contribution in [0.25, 0.3) is 0 Å². The fraction of sp³-hybridized carbons (Fsp3) is 0.333. The third-order valence-corrected chi connectivity index (χ3v) is 2.55. The Labute approximate surface area is 118 Å². The van der Waals surface area contributed by atoms with Crippen molar-refractivity contribution in [2.75, 3.05) is 0 Å². The minimum Gasteiger partial charge on any atom is -0.350 e. The first-order valence-electron chi connectivity index (χ1n) is 5.99. The molecule has 2 aromatic heterocycles. The standard InChI is InChI=1S/C12H12F3N5O/c1-20-17-7-9(19-20)6-16-11(21)5-8-3-2-4-10(18-8)12(13,14)15/h2-4,7H,5-6H2,1H3,(H,16,21). The van der Waals surface area contributed by atoms with Crippen molar-refractivity contribution in [2.24, 2.45) is 7.05 Å². The van der Waals surface area contributed by atoms with E-state index in [0.29, 0.717) is 5.69 Å². The third-order valence-electron chi connectivity index (χ3n) is 2.55. The number of aromatic nitrogens is 4. The van der Waals surface area contributed by atoms with Gasteiger partial charge < -0.3 is 5.32 Å². The van der Waals surface area contributed by atoms with Gasteiger partial charge >= 0.3 is 6.18 Å². The predicted molar refractivity (Wildman–Crippen MR) is 65.8 cm³/mol. The highest BCUT2D eigenvalue weighted by molar-refractivity contribution is 5.78. The zero-order valence-corrected chi connectivity index (χ0v) is 11.1. The molecule has 0 atom stereocenters. The van der Waals surface area contributed by atoms with E-state index in [0.717, 1.165) is 6.07 Å². The summed E-state index contributed by atoms with van der Waals surface area (Å²) >= 11 is 0. The first kappa shape index (κ1) is 14.9. The summed E-state index contributed by atoms with van der Waals surface area (Å²) in [6.45, 7) is 0.158. The second-order valence-electron chi connectivity index (χ2n) is 4.29. The summed E-state index contributed by atoms with van der Waals surface area (Å²) in [5.74, 6) is -0.438. The molecule has 1 amide bonds. The SMILES string of the molecule is Cn1ncc(CNC(=O)Cc2cccc(C(F)(F)F)n2)n1. The molecule has 21 heavy (non-hydrogen) atoms. The third kappa shape index (κ3) is 4.26. The number of aryl methyl sites for hydroxylation is 1. The quantitative estimate of drug-likeness (QED) is 0.917. The summed E-state index contributed by atoms with van der Waals surface area (Å²) in [5, 5.41) is 10.3. The molecule has 0 aliphatic carbocycles. The molecular weight excluding hydrogens is 287 g/mol. The van der Waals surface area contributed by atoms with Crippen LogP contribution in [0, 0.1) is 0 Å². The van der Waals surface area contributed by atoms with Gasteiger partial charge in [0.15, 0.2) is 0 Å². The molecule has 112 valence electrons. The monoisotopic (exact) mass is 299 g/mol. The lowest BCUT2D eigenvalue weighted by Gasteiger charge is -2.07. The molecule has 0 radical (unpaired) electrons. The van der Waals surface area contributed by atoms with Crippen molar-refractivity contribution in [3.05, 3.63) is 41.5 Å². The van der Waals surface area contributed by atoms with Crippen molar-refractivity contribution in [1.82, 2.24) is 25.3 Å². The molecule has 1 N–H and O–H groups in total. The van der Waals surface area contributed by atoms with Crippen LogP contribution in [0.5, 0.6) is 0 Å². The number of carbonyl (C=O) groups is 1. The summed E-state index contributed by atoms with van der Waals surface area (Å²) in [6.07, 6.45) is -3.26. The summed E-state index contributed by atoms with van der Waals surface area (Å²) < 4.78 is 37.5. The Morgan fingerprint density at radius 1 is 1.33 bits per heavy atom. The van der Waals surface area contributed by atoms with Gasteiger partial charge in [-0.1, -0.05) is 6.07 Å². The van der Waals surface area contributed by atoms with Crippen LogP contribution in [0.2, 0.25) is 0 Å². The first-order chi connectivity index (χ1) is 9.84. The Morgan fingerprint density at radius 3 is 2.71 bits per heavy atom. The van der Waals surface area contributed by atoms with Crippen LogP contribution in [0.3, 0.4) is 0 Å². The summed E-state index contributed by atoms with van der Waals surface area (Å²) in [6, 6.07) is 3.46. The molecule has 0 fully saturated rings. The van der Waals surface area contributed by atoms with Gasteiger partial charge in [-0.25, -0.2) is 4.98 Å². The van der Waals surface area contributed by atoms with Crippen LogP contribution in [0.15, 0.2) is 24.4 Å². The van der Waals surface area contributed by atoms with Gasteiger partial charge in [0.05, 0.1) is 24.9 Å². The molecule has 0 bridgehead atoms. The molecule has 0 saturated heterocycles. The number of rotatable bonds is 4. The Balaban J connectivity index is 1.93. The van der Waals surface area contributed by atoms with Gasteiger partial charge in [-0.3, -0.25) is 4.79 Å². The summed E-state index contributed by atoms with van der Waals surface area (Å²) in [7, 11) is 1.64. The van der Waals surface area contributed by atoms with Gasteiger partial charge in [0, 0.05) is 7.05 Å². The first-order valence-corrected chi connectivity index (χ1v) is 5.99. The number of pyridine rings is 1. The molecule has 6 nitrogen and oxygen atoms in total. The van der Waals surface area contributed by atoms with E-state index in [9.17, 15) is 18.0 Å². The normalized spacial score (nSPS) is 11.4. The lowest BCUT2D eigenvalue weighted by molar-refractivity contribution is -0.141. The molecule has 9 heteroatoms. The highest BCUT2D eigenvalue weighted by atomic mass is 19.4. The Kier molecular flexibility index (Phi) is 4.20. The lowest BCUT2D eigenvalue weighted by Crippen LogP contribution is -2.25. The molecule has 2 heterocycles. The van der Waals surface area contributed by atoms with E-state index in [1.54, 1.807) is 7.05 Å². The molecule has 2 aromatic rings. The number of hydrogen-bond donors (Lipinski definition) is 1. The van der Waals surface area contributed by atoms with Crippen LogP contribution in [-0.2, 0) is 31.0 Å². The van der Waals surface area contributed by atoms with E-state index in [4.69, 9.17) is 0 Å². The van der Waals surface area contributed by atoms with Crippen molar-refractivity contribution >= 4 is 5.91 Å². The molecule has 0 unspecified atom stereocenters. The summed E-state index contributed by atoms with van der Waals surface area (Å²) in [5.41, 5.74) is -0.397. The Hall–Kier alpha value is -2.45. The average molecular weight is 299 g/mol. The van der Waals surface area contributed by atoms with Gasteiger partial charge in [0.25, 0.3) is 0 Å². The average Bonchev–Trinajstić information content (AvgIpc) is 2.82. The van der Waals surface area contributed by atoms with E-state index < -0.39 is 17.8 Å². The Morgan fingerprint density at radius 2 is 2.10 bits per heavy atom. The van der Waals surface area contributed by atoms with Crippen LogP contribution in [0.4, 0.5) is 13.2 Å². The molecule has 0 saturated carbocycles. The number of nitrogens with zero attached hydrogens (tertiary/aromatic N) is 4. The van der Waals surface area contributed by atoms with Crippen molar-refractivity contribution in [1.29, 1.82) is 0 Å². The number of amides is 1. The topological polar surface area (TPSA) is 72.7 Å². The van der Waals surface area contributed by atoms with E-state index >= 15 is 0 Å². The van der Waals surface area contributed by atoms with Crippen molar-refractivity contribution < 1.29 is 18.0 Å². The highest BCUT2D eigenvalue weighted by Crippen LogP contribution is 2.27. The van der Waals surface area contributed by atoms with Crippen LogP contribution in [-0.4, -0.2) is 25.9 Å². The second kappa shape index (κ2) is 5.90. The minimum atomic E-state index is -4.52. The van der Waals surface area contributed by atoms with Gasteiger partial charge in [-0.15, -0.1) is 0 Å². The largest absolute Gasteiger partial charge is 0.433 e. The molecule has 0 aliphatic rings. The molecular formula is C12H12F3N5O. The van der Waals surface area contributed by atoms with Crippen molar-refractivity contribution in [3.8, 4) is 0 Å². The molecule has 0 aromatic carbocycles. The number of hydrogen-bond acceptors (Lipinski definition) is 4. The van der Waals surface area contributed by atoms with Crippen molar-refractivity contribution in [3.63, 3.8) is 0 Å². The number of carbonyl (C=O) groups excluding carboxylic acids is 1. The van der Waals surface area contributed by atoms with Gasteiger partial charge in [-0.2, -0.15) is 28.2 Å². The maximum atomic E-state index is 12.5. The predicted octanol–water partition coefficient (Wildman–Crippen LogP) is 1.09. The van der Waals surface area contributed by atoms with Crippen molar-refractivity contribution in [2.45, 2.75) is 19.1 Å². The Bertz CT molecular complexity index is 638. The zero-order chi connectivity index (χ0) is 15.5. The number of halogens is 3. The van der Waals surface area contributed by atoms with Crippen LogP contribution >= 0.6 is 0 Å². The highest BCUT2D eigenvalue weighted by Gasteiger charge is 2.32. The van der Waals surface area contributed by atoms with E-state index in [1.807, 2.05) is 0 Å². The van der Waals surface area contributed by atoms with E-state index in [2.05, 4.69) is 20.5 Å². The molecule has 0 aliphatic heterocycles. The number of nitrogens with one attached hydrogen (secondary N) is 1. The molecule has 2 rings (SSSR count). The smallest absolute Gasteiger partial charge is 0.350 e. The lowest BCUT2D eigenvalue weighted by atomic mass is 10.2. The van der Waals surface area contributed by atoms with E-state index in [1.165, 1.54) is 23.1 Å². The van der Waals surface area contributed by atoms with E-state index in [-0.39, 0.29) is 18.7 Å². The zero-order valence-electron chi connectivity index (χ0n) is 11.1. The molecule has 0 spiro atoms. The van der Waals surface area contributed by atoms with Gasteiger partial charge in [0.1, 0.15) is 11.4 Å². The second-order valence-corrected chi connectivity index (χ2v) is 4.29. The van der Waals surface area contributed by atoms with Gasteiger partial charge in [-0.05, 0) is 12.1 Å². The van der Waals surface area contributed by atoms with Gasteiger partial charge in [0.2, 0.25) is 5.91 Å². The fourth-order valence-electron chi connectivity index (χ4n) is 1.62.